The minimum atomic E-state index is -0.0114. The molecule has 0 spiro atoms. The number of rotatable bonds is 6. The SMILES string of the molecule is COc1ccccc1N1CCC(CNCC2COc3ccc4scc(Cl)c4c3O2)CC1. The fourth-order valence-corrected chi connectivity index (χ4v) is 5.67. The van der Waals surface area contributed by atoms with Gasteiger partial charge in [-0.1, -0.05) is 23.7 Å². The zero-order chi connectivity index (χ0) is 21.2. The van der Waals surface area contributed by atoms with Crippen molar-refractivity contribution in [1.82, 2.24) is 5.32 Å². The first-order valence-electron chi connectivity index (χ1n) is 10.8. The van der Waals surface area contributed by atoms with Gasteiger partial charge in [0.2, 0.25) is 0 Å². The Balaban J connectivity index is 1.12. The number of ether oxygens (including phenoxy) is 3. The number of nitrogens with zero attached hydrogens (tertiary/aromatic N) is 1. The summed E-state index contributed by atoms with van der Waals surface area (Å²) in [6.45, 7) is 4.43. The molecule has 3 aromatic rings. The zero-order valence-electron chi connectivity index (χ0n) is 17.6. The van der Waals surface area contributed by atoms with E-state index < -0.39 is 0 Å². The maximum atomic E-state index is 6.39. The van der Waals surface area contributed by atoms with Crippen molar-refractivity contribution in [3.8, 4) is 17.2 Å². The molecule has 0 saturated carbocycles. The van der Waals surface area contributed by atoms with Gasteiger partial charge in [-0.2, -0.15) is 0 Å². The summed E-state index contributed by atoms with van der Waals surface area (Å²) in [6, 6.07) is 12.3. The molecule has 5 nitrogen and oxygen atoms in total. The molecule has 1 saturated heterocycles. The maximum Gasteiger partial charge on any atom is 0.172 e. The minimum Gasteiger partial charge on any atom is -0.495 e. The van der Waals surface area contributed by atoms with Crippen LogP contribution in [-0.4, -0.2) is 46.0 Å². The van der Waals surface area contributed by atoms with E-state index in [4.69, 9.17) is 25.8 Å². The number of para-hydroxylation sites is 2. The van der Waals surface area contributed by atoms with Crippen LogP contribution in [0.5, 0.6) is 17.2 Å². The van der Waals surface area contributed by atoms with Crippen molar-refractivity contribution in [3.05, 3.63) is 46.8 Å². The summed E-state index contributed by atoms with van der Waals surface area (Å²) in [6.07, 6.45) is 2.32. The number of anilines is 1. The van der Waals surface area contributed by atoms with Crippen molar-refractivity contribution >= 4 is 38.7 Å². The van der Waals surface area contributed by atoms with E-state index in [2.05, 4.69) is 22.3 Å². The third-order valence-corrected chi connectivity index (χ3v) is 7.54. The Kier molecular flexibility index (Phi) is 6.12. The van der Waals surface area contributed by atoms with Crippen LogP contribution in [0.15, 0.2) is 41.8 Å². The molecular formula is C24H27ClN2O3S. The van der Waals surface area contributed by atoms with E-state index in [9.17, 15) is 0 Å². The molecule has 3 heterocycles. The van der Waals surface area contributed by atoms with Crippen molar-refractivity contribution in [2.24, 2.45) is 5.92 Å². The van der Waals surface area contributed by atoms with E-state index in [-0.39, 0.29) is 6.10 Å². The second kappa shape index (κ2) is 9.15. The Morgan fingerprint density at radius 2 is 2.00 bits per heavy atom. The summed E-state index contributed by atoms with van der Waals surface area (Å²) in [5.74, 6) is 3.19. The van der Waals surface area contributed by atoms with Crippen LogP contribution < -0.4 is 24.4 Å². The van der Waals surface area contributed by atoms with Crippen LogP contribution >= 0.6 is 22.9 Å². The van der Waals surface area contributed by atoms with Gasteiger partial charge >= 0.3 is 0 Å². The van der Waals surface area contributed by atoms with Gasteiger partial charge in [0.25, 0.3) is 0 Å². The largest absolute Gasteiger partial charge is 0.495 e. The van der Waals surface area contributed by atoms with Gasteiger partial charge < -0.3 is 24.4 Å². The number of nitrogens with one attached hydrogen (secondary N) is 1. The second-order valence-electron chi connectivity index (χ2n) is 8.16. The fraction of sp³-hybridized carbons (Fsp3) is 0.417. The van der Waals surface area contributed by atoms with Crippen molar-refractivity contribution in [1.29, 1.82) is 0 Å². The van der Waals surface area contributed by atoms with Crippen LogP contribution in [0.25, 0.3) is 10.1 Å². The molecule has 0 amide bonds. The molecule has 0 bridgehead atoms. The van der Waals surface area contributed by atoms with Crippen LogP contribution in [0.1, 0.15) is 12.8 Å². The van der Waals surface area contributed by atoms with Crippen LogP contribution in [0.3, 0.4) is 0 Å². The van der Waals surface area contributed by atoms with E-state index in [1.165, 1.54) is 18.5 Å². The number of piperidine rings is 1. The smallest absolute Gasteiger partial charge is 0.172 e. The first-order chi connectivity index (χ1) is 15.2. The summed E-state index contributed by atoms with van der Waals surface area (Å²) in [5, 5.41) is 7.27. The molecule has 31 heavy (non-hydrogen) atoms. The molecule has 0 aliphatic carbocycles. The Hall–Kier alpha value is -2.15. The maximum absolute atomic E-state index is 6.39. The monoisotopic (exact) mass is 458 g/mol. The molecule has 1 aromatic heterocycles. The minimum absolute atomic E-state index is 0.0114. The van der Waals surface area contributed by atoms with Gasteiger partial charge in [-0.3, -0.25) is 0 Å². The molecule has 5 rings (SSSR count). The number of methoxy groups -OCH3 is 1. The second-order valence-corrected chi connectivity index (χ2v) is 9.48. The number of thiophene rings is 1. The van der Waals surface area contributed by atoms with Gasteiger partial charge in [0.05, 0.1) is 23.2 Å². The van der Waals surface area contributed by atoms with Gasteiger partial charge in [0.15, 0.2) is 11.5 Å². The van der Waals surface area contributed by atoms with Crippen LogP contribution in [-0.2, 0) is 0 Å². The van der Waals surface area contributed by atoms with Gasteiger partial charge in [-0.25, -0.2) is 0 Å². The molecule has 2 aromatic carbocycles. The highest BCUT2D eigenvalue weighted by molar-refractivity contribution is 7.18. The van der Waals surface area contributed by atoms with Gasteiger partial charge in [-0.05, 0) is 49.6 Å². The average molecular weight is 459 g/mol. The Labute approximate surface area is 191 Å². The molecule has 1 fully saturated rings. The van der Waals surface area contributed by atoms with Crippen molar-refractivity contribution in [2.45, 2.75) is 18.9 Å². The van der Waals surface area contributed by atoms with Crippen LogP contribution in [0.2, 0.25) is 5.02 Å². The zero-order valence-corrected chi connectivity index (χ0v) is 19.2. The fourth-order valence-electron chi connectivity index (χ4n) is 4.48. The lowest BCUT2D eigenvalue weighted by Crippen LogP contribution is -2.42. The summed E-state index contributed by atoms with van der Waals surface area (Å²) in [7, 11) is 1.74. The molecule has 7 heteroatoms. The Morgan fingerprint density at radius 3 is 2.84 bits per heavy atom. The first-order valence-corrected chi connectivity index (χ1v) is 12.1. The Bertz CT molecular complexity index is 1050. The summed E-state index contributed by atoms with van der Waals surface area (Å²) in [5.41, 5.74) is 1.20. The highest BCUT2D eigenvalue weighted by Crippen LogP contribution is 2.44. The first kappa shape index (κ1) is 20.7. The highest BCUT2D eigenvalue weighted by Gasteiger charge is 2.26. The molecule has 2 aliphatic heterocycles. The number of benzene rings is 2. The standard InChI is InChI=1S/C24H27ClN2O3S/c1-28-20-5-3-2-4-19(20)27-10-8-16(9-11-27)12-26-13-17-14-29-21-6-7-22-23(24(21)30-17)18(25)15-31-22/h2-7,15-17,26H,8-14H2,1H3. The van der Waals surface area contributed by atoms with Gasteiger partial charge in [0.1, 0.15) is 18.5 Å². The average Bonchev–Trinajstić information content (AvgIpc) is 3.21. The van der Waals surface area contributed by atoms with E-state index in [0.29, 0.717) is 12.5 Å². The lowest BCUT2D eigenvalue weighted by Gasteiger charge is -2.34. The lowest BCUT2D eigenvalue weighted by atomic mass is 9.96. The van der Waals surface area contributed by atoms with Gasteiger partial charge in [-0.15, -0.1) is 11.3 Å². The molecular weight excluding hydrogens is 432 g/mol. The number of fused-ring (bicyclic) bond motifs is 3. The molecule has 1 N–H and O–H groups in total. The quantitative estimate of drug-likeness (QED) is 0.549. The van der Waals surface area contributed by atoms with E-state index in [1.807, 2.05) is 29.6 Å². The number of halogens is 1. The normalized spacial score (nSPS) is 19.0. The predicted molar refractivity (Wildman–Crippen MR) is 128 cm³/mol. The van der Waals surface area contributed by atoms with E-state index >= 15 is 0 Å². The molecule has 1 atom stereocenters. The van der Waals surface area contributed by atoms with E-state index in [0.717, 1.165) is 58.5 Å². The van der Waals surface area contributed by atoms with Crippen LogP contribution in [0.4, 0.5) is 5.69 Å². The van der Waals surface area contributed by atoms with Crippen molar-refractivity contribution in [3.63, 3.8) is 0 Å². The third-order valence-electron chi connectivity index (χ3n) is 6.17. The summed E-state index contributed by atoms with van der Waals surface area (Å²) >= 11 is 8.02. The number of hydrogen-bond acceptors (Lipinski definition) is 6. The highest BCUT2D eigenvalue weighted by atomic mass is 35.5. The topological polar surface area (TPSA) is 43.0 Å². The Morgan fingerprint density at radius 1 is 1.16 bits per heavy atom. The molecule has 1 unspecified atom stereocenters. The lowest BCUT2D eigenvalue weighted by molar-refractivity contribution is 0.0914. The van der Waals surface area contributed by atoms with Crippen LogP contribution in [0, 0.1) is 5.92 Å². The number of hydrogen-bond donors (Lipinski definition) is 1. The van der Waals surface area contributed by atoms with E-state index in [1.54, 1.807) is 18.4 Å². The molecule has 164 valence electrons. The van der Waals surface area contributed by atoms with Crippen molar-refractivity contribution in [2.75, 3.05) is 44.8 Å². The summed E-state index contributed by atoms with van der Waals surface area (Å²) < 4.78 is 18.9. The molecule has 2 aliphatic rings. The summed E-state index contributed by atoms with van der Waals surface area (Å²) in [4.78, 5) is 2.43. The molecule has 0 radical (unpaired) electrons. The van der Waals surface area contributed by atoms with Gasteiger partial charge in [0, 0.05) is 29.7 Å². The third kappa shape index (κ3) is 4.29. The predicted octanol–water partition coefficient (Wildman–Crippen LogP) is 5.21. The van der Waals surface area contributed by atoms with Crippen molar-refractivity contribution < 1.29 is 14.2 Å².